The van der Waals surface area contributed by atoms with Crippen LogP contribution < -0.4 is 0 Å². The lowest BCUT2D eigenvalue weighted by molar-refractivity contribution is -0.136. The lowest BCUT2D eigenvalue weighted by Crippen LogP contribution is -2.52. The van der Waals surface area contributed by atoms with Crippen LogP contribution in [-0.2, 0) is 16.1 Å². The fourth-order valence-corrected chi connectivity index (χ4v) is 2.43. The highest BCUT2D eigenvalue weighted by atomic mass is 79.9. The Labute approximate surface area is 139 Å². The van der Waals surface area contributed by atoms with Crippen LogP contribution in [0.25, 0.3) is 0 Å². The van der Waals surface area contributed by atoms with Crippen molar-refractivity contribution in [3.63, 3.8) is 0 Å². The van der Waals surface area contributed by atoms with Crippen molar-refractivity contribution in [3.05, 3.63) is 34.3 Å². The van der Waals surface area contributed by atoms with Gasteiger partial charge in [0, 0.05) is 24.1 Å². The summed E-state index contributed by atoms with van der Waals surface area (Å²) in [7, 11) is 0. The molecule has 0 unspecified atom stereocenters. The highest BCUT2D eigenvalue weighted by molar-refractivity contribution is 9.10. The van der Waals surface area contributed by atoms with E-state index in [1.165, 1.54) is 4.90 Å². The molecule has 2 rings (SSSR count). The van der Waals surface area contributed by atoms with Gasteiger partial charge >= 0.3 is 6.09 Å². The lowest BCUT2D eigenvalue weighted by atomic mass is 10.2. The Balaban J connectivity index is 1.91. The molecule has 0 bridgehead atoms. The van der Waals surface area contributed by atoms with Gasteiger partial charge in [-0.25, -0.2) is 4.79 Å². The highest BCUT2D eigenvalue weighted by Crippen LogP contribution is 2.16. The average Bonchev–Trinajstić information content (AvgIpc) is 2.41. The van der Waals surface area contributed by atoms with Crippen molar-refractivity contribution in [2.75, 3.05) is 19.6 Å². The van der Waals surface area contributed by atoms with Gasteiger partial charge < -0.3 is 9.64 Å². The fourth-order valence-electron chi connectivity index (χ4n) is 2.17. The molecule has 1 fully saturated rings. The molecule has 1 aromatic rings. The molecule has 1 aliphatic rings. The number of rotatable bonds is 2. The van der Waals surface area contributed by atoms with Crippen LogP contribution in [-0.4, -0.2) is 47.0 Å². The maximum atomic E-state index is 12.2. The molecule has 1 aliphatic heterocycles. The van der Waals surface area contributed by atoms with Crippen LogP contribution in [0.1, 0.15) is 26.3 Å². The molecule has 0 radical (unpaired) electrons. The Morgan fingerprint density at radius 3 is 2.41 bits per heavy atom. The Morgan fingerprint density at radius 1 is 1.23 bits per heavy atom. The molecule has 120 valence electrons. The molecule has 0 N–H and O–H groups in total. The van der Waals surface area contributed by atoms with E-state index >= 15 is 0 Å². The topological polar surface area (TPSA) is 49.9 Å². The van der Waals surface area contributed by atoms with Crippen LogP contribution in [0.4, 0.5) is 4.79 Å². The van der Waals surface area contributed by atoms with Crippen molar-refractivity contribution in [3.8, 4) is 0 Å². The summed E-state index contributed by atoms with van der Waals surface area (Å²) in [6, 6.07) is 7.88. The van der Waals surface area contributed by atoms with E-state index < -0.39 is 11.7 Å². The van der Waals surface area contributed by atoms with E-state index in [-0.39, 0.29) is 12.5 Å². The minimum Gasteiger partial charge on any atom is -0.444 e. The van der Waals surface area contributed by atoms with Crippen LogP contribution >= 0.6 is 15.9 Å². The quantitative estimate of drug-likeness (QED) is 0.805. The summed E-state index contributed by atoms with van der Waals surface area (Å²) < 4.78 is 6.31. The SMILES string of the molecule is CC(C)(C)OC(=O)N1CCN(Cc2ccc(Br)cc2)C(=O)C1. The number of halogens is 1. The summed E-state index contributed by atoms with van der Waals surface area (Å²) in [6.07, 6.45) is -0.427. The van der Waals surface area contributed by atoms with E-state index in [1.807, 2.05) is 45.0 Å². The zero-order valence-electron chi connectivity index (χ0n) is 13.1. The number of amides is 2. The minimum absolute atomic E-state index is 0.0555. The zero-order valence-corrected chi connectivity index (χ0v) is 14.7. The molecule has 0 saturated carbocycles. The third-order valence-electron chi connectivity index (χ3n) is 3.26. The standard InChI is InChI=1S/C16H21BrN2O3/c1-16(2,3)22-15(21)19-9-8-18(14(20)11-19)10-12-4-6-13(17)7-5-12/h4-7H,8-11H2,1-3H3. The normalized spacial score (nSPS) is 15.9. The van der Waals surface area contributed by atoms with Crippen LogP contribution in [0, 0.1) is 0 Å². The smallest absolute Gasteiger partial charge is 0.410 e. The number of hydrogen-bond acceptors (Lipinski definition) is 3. The molecular formula is C16H21BrN2O3. The van der Waals surface area contributed by atoms with Gasteiger partial charge in [-0.05, 0) is 38.5 Å². The molecule has 6 heteroatoms. The summed E-state index contributed by atoms with van der Waals surface area (Å²) >= 11 is 3.39. The minimum atomic E-state index is -0.547. The molecule has 5 nitrogen and oxygen atoms in total. The number of nitrogens with zero attached hydrogens (tertiary/aromatic N) is 2. The van der Waals surface area contributed by atoms with E-state index in [2.05, 4.69) is 15.9 Å². The van der Waals surface area contributed by atoms with E-state index in [9.17, 15) is 9.59 Å². The first-order valence-electron chi connectivity index (χ1n) is 7.25. The van der Waals surface area contributed by atoms with Crippen LogP contribution in [0.5, 0.6) is 0 Å². The van der Waals surface area contributed by atoms with Crippen molar-refractivity contribution >= 4 is 27.9 Å². The second kappa shape index (κ2) is 6.69. The largest absolute Gasteiger partial charge is 0.444 e. The zero-order chi connectivity index (χ0) is 16.3. The van der Waals surface area contributed by atoms with Gasteiger partial charge in [0.2, 0.25) is 5.91 Å². The van der Waals surface area contributed by atoms with Gasteiger partial charge in [0.25, 0.3) is 0 Å². The Kier molecular flexibility index (Phi) is 5.11. The molecule has 22 heavy (non-hydrogen) atoms. The number of piperazine rings is 1. The van der Waals surface area contributed by atoms with E-state index in [1.54, 1.807) is 4.90 Å². The van der Waals surface area contributed by atoms with Gasteiger partial charge in [-0.15, -0.1) is 0 Å². The summed E-state index contributed by atoms with van der Waals surface area (Å²) in [5.74, 6) is -0.0555. The summed E-state index contributed by atoms with van der Waals surface area (Å²) in [6.45, 7) is 7.11. The van der Waals surface area contributed by atoms with Crippen LogP contribution in [0.3, 0.4) is 0 Å². The van der Waals surface area contributed by atoms with Crippen LogP contribution in [0.2, 0.25) is 0 Å². The summed E-state index contributed by atoms with van der Waals surface area (Å²) in [4.78, 5) is 27.4. The van der Waals surface area contributed by atoms with Gasteiger partial charge in [-0.2, -0.15) is 0 Å². The number of carbonyl (C=O) groups is 2. The lowest BCUT2D eigenvalue weighted by Gasteiger charge is -2.35. The van der Waals surface area contributed by atoms with Gasteiger partial charge in [0.1, 0.15) is 12.1 Å². The first kappa shape index (κ1) is 16.8. The second-order valence-electron chi connectivity index (χ2n) is 6.34. The fraction of sp³-hybridized carbons (Fsp3) is 0.500. The van der Waals surface area contributed by atoms with Crippen molar-refractivity contribution in [1.82, 2.24) is 9.80 Å². The molecule has 0 atom stereocenters. The third kappa shape index (κ3) is 4.73. The molecule has 2 amide bonds. The molecule has 1 saturated heterocycles. The number of benzene rings is 1. The number of hydrogen-bond donors (Lipinski definition) is 0. The van der Waals surface area contributed by atoms with Crippen molar-refractivity contribution in [1.29, 1.82) is 0 Å². The highest BCUT2D eigenvalue weighted by Gasteiger charge is 2.30. The van der Waals surface area contributed by atoms with E-state index in [4.69, 9.17) is 4.74 Å². The third-order valence-corrected chi connectivity index (χ3v) is 3.79. The molecule has 0 aromatic heterocycles. The predicted octanol–water partition coefficient (Wildman–Crippen LogP) is 3.03. The van der Waals surface area contributed by atoms with Crippen molar-refractivity contribution < 1.29 is 14.3 Å². The van der Waals surface area contributed by atoms with E-state index in [0.29, 0.717) is 19.6 Å². The molecule has 0 spiro atoms. The van der Waals surface area contributed by atoms with Crippen molar-refractivity contribution in [2.45, 2.75) is 32.9 Å². The molecule has 1 aromatic carbocycles. The Bertz CT molecular complexity index is 552. The molecule has 0 aliphatic carbocycles. The molecular weight excluding hydrogens is 348 g/mol. The Morgan fingerprint density at radius 2 is 1.86 bits per heavy atom. The van der Waals surface area contributed by atoms with E-state index in [0.717, 1.165) is 10.0 Å². The Hall–Kier alpha value is -1.56. The van der Waals surface area contributed by atoms with Crippen molar-refractivity contribution in [2.24, 2.45) is 0 Å². The first-order valence-corrected chi connectivity index (χ1v) is 8.04. The maximum absolute atomic E-state index is 12.2. The predicted molar refractivity (Wildman–Crippen MR) is 87.4 cm³/mol. The number of carbonyl (C=O) groups excluding carboxylic acids is 2. The van der Waals surface area contributed by atoms with Gasteiger partial charge in [-0.1, -0.05) is 28.1 Å². The first-order chi connectivity index (χ1) is 10.2. The second-order valence-corrected chi connectivity index (χ2v) is 7.26. The van der Waals surface area contributed by atoms with Gasteiger partial charge in [-0.3, -0.25) is 9.69 Å². The van der Waals surface area contributed by atoms with Crippen LogP contribution in [0.15, 0.2) is 28.7 Å². The molecule has 1 heterocycles. The van der Waals surface area contributed by atoms with Gasteiger partial charge in [0.05, 0.1) is 0 Å². The maximum Gasteiger partial charge on any atom is 0.410 e. The number of ether oxygens (including phenoxy) is 1. The van der Waals surface area contributed by atoms with Gasteiger partial charge in [0.15, 0.2) is 0 Å². The average molecular weight is 369 g/mol. The summed E-state index contributed by atoms with van der Waals surface area (Å²) in [5, 5.41) is 0. The monoisotopic (exact) mass is 368 g/mol. The summed E-state index contributed by atoms with van der Waals surface area (Å²) in [5.41, 5.74) is 0.525.